The maximum Gasteiger partial charge on any atom is 0.260 e. The van der Waals surface area contributed by atoms with Crippen LogP contribution in [0.25, 0.3) is 5.65 Å². The number of aryl methyl sites for hydroxylation is 1. The molecule has 0 aromatic carbocycles. The number of nitrogens with zero attached hydrogens (tertiary/aromatic N) is 3. The lowest BCUT2D eigenvalue weighted by molar-refractivity contribution is -0.120. The molecule has 0 spiro atoms. The first-order chi connectivity index (χ1) is 14.1. The summed E-state index contributed by atoms with van der Waals surface area (Å²) in [7, 11) is 0. The molecule has 4 heterocycles. The van der Waals surface area contributed by atoms with Gasteiger partial charge in [0.1, 0.15) is 11.4 Å². The Bertz CT molecular complexity index is 1130. The van der Waals surface area contributed by atoms with E-state index in [1.54, 1.807) is 18.4 Å². The number of nitrogens with one attached hydrogen (secondary N) is 2. The van der Waals surface area contributed by atoms with Crippen LogP contribution < -0.4 is 10.6 Å². The van der Waals surface area contributed by atoms with Gasteiger partial charge < -0.3 is 14.1 Å². The van der Waals surface area contributed by atoms with Gasteiger partial charge in [-0.05, 0) is 25.1 Å². The monoisotopic (exact) mass is 409 g/mol. The van der Waals surface area contributed by atoms with Crippen molar-refractivity contribution in [1.29, 1.82) is 0 Å². The number of rotatable bonds is 7. The van der Waals surface area contributed by atoms with Crippen LogP contribution in [-0.2, 0) is 17.6 Å². The van der Waals surface area contributed by atoms with Gasteiger partial charge in [-0.3, -0.25) is 14.9 Å². The van der Waals surface area contributed by atoms with Gasteiger partial charge in [0.05, 0.1) is 29.6 Å². The number of furan rings is 1. The second-order valence-electron chi connectivity index (χ2n) is 6.46. The lowest BCUT2D eigenvalue weighted by Gasteiger charge is -2.02. The molecule has 9 heteroatoms. The highest BCUT2D eigenvalue weighted by Gasteiger charge is 2.14. The maximum atomic E-state index is 12.2. The number of hydrogen-bond acceptors (Lipinski definition) is 6. The molecule has 0 atom stereocenters. The van der Waals surface area contributed by atoms with Gasteiger partial charge in [-0.15, -0.1) is 11.3 Å². The largest absolute Gasteiger partial charge is 0.469 e. The van der Waals surface area contributed by atoms with E-state index >= 15 is 0 Å². The maximum absolute atomic E-state index is 12.2. The van der Waals surface area contributed by atoms with Crippen molar-refractivity contribution in [2.45, 2.75) is 19.8 Å². The highest BCUT2D eigenvalue weighted by atomic mass is 32.1. The standard InChI is InChI=1S/C20H19N5O3S/c1-13-16(6-9-28-13)19(27)24-20-23-15(12-29-20)10-18(26)21-7-5-14-11-25-8-3-2-4-17(25)22-14/h2-4,6,8-9,11-12H,5,7,10H2,1H3,(H,21,26)(H,23,24,27). The molecule has 4 rings (SSSR count). The van der Waals surface area contributed by atoms with Crippen LogP contribution >= 0.6 is 11.3 Å². The van der Waals surface area contributed by atoms with E-state index in [1.807, 2.05) is 35.0 Å². The Balaban J connectivity index is 1.25. The van der Waals surface area contributed by atoms with Gasteiger partial charge in [0.2, 0.25) is 5.91 Å². The van der Waals surface area contributed by atoms with Crippen LogP contribution in [0.15, 0.2) is 52.7 Å². The molecule has 0 bridgehead atoms. The van der Waals surface area contributed by atoms with Crippen molar-refractivity contribution >= 4 is 33.9 Å². The zero-order chi connectivity index (χ0) is 20.2. The van der Waals surface area contributed by atoms with E-state index in [2.05, 4.69) is 20.6 Å². The van der Waals surface area contributed by atoms with E-state index in [0.29, 0.717) is 35.1 Å². The van der Waals surface area contributed by atoms with Crippen LogP contribution in [0.1, 0.15) is 27.5 Å². The molecule has 0 aliphatic heterocycles. The number of fused-ring (bicyclic) bond motifs is 1. The van der Waals surface area contributed by atoms with Gasteiger partial charge in [-0.1, -0.05) is 6.07 Å². The number of imidazole rings is 1. The third-order valence-electron chi connectivity index (χ3n) is 4.33. The summed E-state index contributed by atoms with van der Waals surface area (Å²) in [6, 6.07) is 7.43. The number of carbonyl (C=O) groups excluding carboxylic acids is 2. The minimum atomic E-state index is -0.283. The van der Waals surface area contributed by atoms with Crippen molar-refractivity contribution in [1.82, 2.24) is 19.7 Å². The fourth-order valence-electron chi connectivity index (χ4n) is 2.90. The molecule has 4 aromatic heterocycles. The van der Waals surface area contributed by atoms with Gasteiger partial charge >= 0.3 is 0 Å². The van der Waals surface area contributed by atoms with E-state index in [0.717, 1.165) is 11.3 Å². The van der Waals surface area contributed by atoms with Crippen molar-refractivity contribution in [3.8, 4) is 0 Å². The zero-order valence-corrected chi connectivity index (χ0v) is 16.5. The first-order valence-electron chi connectivity index (χ1n) is 9.07. The second-order valence-corrected chi connectivity index (χ2v) is 7.32. The highest BCUT2D eigenvalue weighted by molar-refractivity contribution is 7.14. The third-order valence-corrected chi connectivity index (χ3v) is 5.14. The second kappa shape index (κ2) is 8.27. The molecular formula is C20H19N5O3S. The fourth-order valence-corrected chi connectivity index (χ4v) is 3.60. The molecule has 148 valence electrons. The molecule has 2 N–H and O–H groups in total. The summed E-state index contributed by atoms with van der Waals surface area (Å²) in [5.41, 5.74) is 2.88. The average Bonchev–Trinajstić information content (AvgIpc) is 3.41. The normalized spacial score (nSPS) is 10.9. The first-order valence-corrected chi connectivity index (χ1v) is 9.95. The Morgan fingerprint density at radius 2 is 2.10 bits per heavy atom. The van der Waals surface area contributed by atoms with E-state index in [4.69, 9.17) is 4.42 Å². The predicted molar refractivity (Wildman–Crippen MR) is 109 cm³/mol. The van der Waals surface area contributed by atoms with E-state index in [9.17, 15) is 9.59 Å². The molecule has 4 aromatic rings. The summed E-state index contributed by atoms with van der Waals surface area (Å²) in [6.45, 7) is 2.22. The summed E-state index contributed by atoms with van der Waals surface area (Å²) in [5, 5.41) is 7.81. The van der Waals surface area contributed by atoms with Crippen LogP contribution in [0, 0.1) is 6.92 Å². The van der Waals surface area contributed by atoms with Gasteiger partial charge in [0.25, 0.3) is 5.91 Å². The lowest BCUT2D eigenvalue weighted by Crippen LogP contribution is -2.27. The first kappa shape index (κ1) is 18.9. The number of carbonyl (C=O) groups is 2. The van der Waals surface area contributed by atoms with Gasteiger partial charge in [-0.2, -0.15) is 0 Å². The zero-order valence-electron chi connectivity index (χ0n) is 15.7. The molecule has 0 fully saturated rings. The molecule has 29 heavy (non-hydrogen) atoms. The molecule has 0 saturated carbocycles. The third kappa shape index (κ3) is 4.52. The Hall–Kier alpha value is -3.46. The molecule has 0 unspecified atom stereocenters. The van der Waals surface area contributed by atoms with Crippen molar-refractivity contribution in [2.75, 3.05) is 11.9 Å². The summed E-state index contributed by atoms with van der Waals surface area (Å²) in [6.07, 6.45) is 6.17. The smallest absolute Gasteiger partial charge is 0.260 e. The van der Waals surface area contributed by atoms with Crippen molar-refractivity contribution in [2.24, 2.45) is 0 Å². The number of hydrogen-bond donors (Lipinski definition) is 2. The van der Waals surface area contributed by atoms with Gasteiger partial charge in [0.15, 0.2) is 5.13 Å². The number of amides is 2. The minimum absolute atomic E-state index is 0.123. The molecular weight excluding hydrogens is 390 g/mol. The van der Waals surface area contributed by atoms with Crippen LogP contribution in [0.3, 0.4) is 0 Å². The number of anilines is 1. The summed E-state index contributed by atoms with van der Waals surface area (Å²) < 4.78 is 7.08. The van der Waals surface area contributed by atoms with Crippen LogP contribution in [0.5, 0.6) is 0 Å². The molecule has 0 aliphatic rings. The van der Waals surface area contributed by atoms with E-state index in [-0.39, 0.29) is 18.2 Å². The Morgan fingerprint density at radius 1 is 1.21 bits per heavy atom. The summed E-state index contributed by atoms with van der Waals surface area (Å²) in [4.78, 5) is 33.2. The molecule has 0 aliphatic carbocycles. The number of aromatic nitrogens is 3. The quantitative estimate of drug-likeness (QED) is 0.489. The van der Waals surface area contributed by atoms with E-state index in [1.165, 1.54) is 17.6 Å². The number of thiazole rings is 1. The fraction of sp³-hybridized carbons (Fsp3) is 0.200. The van der Waals surface area contributed by atoms with Crippen molar-refractivity contribution in [3.05, 3.63) is 71.0 Å². The van der Waals surface area contributed by atoms with Crippen LogP contribution in [0.2, 0.25) is 0 Å². The van der Waals surface area contributed by atoms with E-state index < -0.39 is 0 Å². The van der Waals surface area contributed by atoms with Crippen LogP contribution in [-0.4, -0.2) is 32.7 Å². The average molecular weight is 409 g/mol. The minimum Gasteiger partial charge on any atom is -0.469 e. The lowest BCUT2D eigenvalue weighted by atomic mass is 10.2. The Labute approximate surface area is 170 Å². The molecule has 0 radical (unpaired) electrons. The summed E-state index contributed by atoms with van der Waals surface area (Å²) in [5.74, 6) is 0.140. The predicted octanol–water partition coefficient (Wildman–Crippen LogP) is 2.85. The Kier molecular flexibility index (Phi) is 5.39. The Morgan fingerprint density at radius 3 is 2.90 bits per heavy atom. The van der Waals surface area contributed by atoms with Crippen molar-refractivity contribution in [3.63, 3.8) is 0 Å². The molecule has 2 amide bonds. The molecule has 8 nitrogen and oxygen atoms in total. The van der Waals surface area contributed by atoms with Crippen molar-refractivity contribution < 1.29 is 14.0 Å². The topological polar surface area (TPSA) is 102 Å². The molecule has 0 saturated heterocycles. The van der Waals surface area contributed by atoms with Gasteiger partial charge in [-0.25, -0.2) is 9.97 Å². The SMILES string of the molecule is Cc1occc1C(=O)Nc1nc(CC(=O)NCCc2cn3ccccc3n2)cs1. The number of pyridine rings is 1. The van der Waals surface area contributed by atoms with Crippen LogP contribution in [0.4, 0.5) is 5.13 Å². The van der Waals surface area contributed by atoms with Gasteiger partial charge in [0, 0.05) is 30.7 Å². The highest BCUT2D eigenvalue weighted by Crippen LogP contribution is 2.18. The summed E-state index contributed by atoms with van der Waals surface area (Å²) >= 11 is 1.28.